The van der Waals surface area contributed by atoms with E-state index < -0.39 is 0 Å². The number of ether oxygens (including phenoxy) is 6. The number of aromatic amines is 2. The van der Waals surface area contributed by atoms with Gasteiger partial charge in [0.2, 0.25) is 0 Å². The summed E-state index contributed by atoms with van der Waals surface area (Å²) in [5.74, 6) is 6.17. The number of rotatable bonds is 64. The third-order valence-electron chi connectivity index (χ3n) is 24.2. The molecular formula is C102H150N8O6S6. The van der Waals surface area contributed by atoms with Crippen molar-refractivity contribution in [2.24, 2.45) is 0 Å². The zero-order valence-corrected chi connectivity index (χ0v) is 81.5. The van der Waals surface area contributed by atoms with Crippen LogP contribution < -0.4 is 28.4 Å². The van der Waals surface area contributed by atoms with Gasteiger partial charge in [0, 0.05) is 20.6 Å². The van der Waals surface area contributed by atoms with Crippen molar-refractivity contribution in [3.63, 3.8) is 0 Å². The molecule has 11 rings (SSSR count). The van der Waals surface area contributed by atoms with Gasteiger partial charge in [0.25, 0.3) is 0 Å². The Hall–Kier alpha value is -5.38. The topological polar surface area (TPSA) is 164 Å². The third kappa shape index (κ3) is 27.6. The van der Waals surface area contributed by atoms with E-state index in [4.69, 9.17) is 58.3 Å². The zero-order chi connectivity index (χ0) is 85.3. The summed E-state index contributed by atoms with van der Waals surface area (Å²) < 4.78 is 48.8. The summed E-state index contributed by atoms with van der Waals surface area (Å²) in [6.45, 7) is 21.6. The highest BCUT2D eigenvalue weighted by Gasteiger charge is 2.37. The Morgan fingerprint density at radius 1 is 0.246 bits per heavy atom. The van der Waals surface area contributed by atoms with E-state index in [1.807, 2.05) is 70.6 Å². The number of H-pyrrole nitrogens is 2. The maximum atomic E-state index is 7.24. The van der Waals surface area contributed by atoms with Crippen LogP contribution in [0.1, 0.15) is 375 Å². The number of nitrogens with one attached hydrogen (secondary N) is 2. The second-order valence-corrected chi connectivity index (χ2v) is 40.9. The van der Waals surface area contributed by atoms with E-state index in [0.29, 0.717) is 120 Å². The van der Waals surface area contributed by atoms with Gasteiger partial charge in [0.15, 0.2) is 23.3 Å². The van der Waals surface area contributed by atoms with Crippen molar-refractivity contribution in [2.45, 2.75) is 386 Å². The first kappa shape index (κ1) is 97.2. The minimum absolute atomic E-state index is 0.468. The molecule has 7 aromatic rings. The second-order valence-electron chi connectivity index (χ2n) is 34.1. The molecule has 0 amide bonds. The summed E-state index contributed by atoms with van der Waals surface area (Å²) in [4.78, 5) is 46.9. The van der Waals surface area contributed by atoms with Crippen LogP contribution in [0.25, 0.3) is 89.7 Å². The van der Waals surface area contributed by atoms with Crippen LogP contribution in [-0.4, -0.2) is 92.0 Å². The van der Waals surface area contributed by atoms with Crippen molar-refractivity contribution in [3.05, 3.63) is 64.5 Å². The van der Waals surface area contributed by atoms with E-state index in [1.165, 1.54) is 243 Å². The van der Waals surface area contributed by atoms with Crippen LogP contribution in [-0.2, 0) is 12.8 Å². The van der Waals surface area contributed by atoms with Gasteiger partial charge in [-0.05, 0) is 124 Å². The third-order valence-corrected chi connectivity index (χ3v) is 32.6. The van der Waals surface area contributed by atoms with E-state index in [9.17, 15) is 0 Å². The first-order valence-corrected chi connectivity index (χ1v) is 54.6. The number of aromatic nitrogens is 8. The Balaban J connectivity index is 1.29. The fraction of sp³-hybridized carbons (Fsp3) is 0.647. The van der Waals surface area contributed by atoms with E-state index >= 15 is 0 Å². The monoisotopic (exact) mass is 1780 g/mol. The molecule has 0 atom stereocenters. The second kappa shape index (κ2) is 54.7. The summed E-state index contributed by atoms with van der Waals surface area (Å²) in [6, 6.07) is 12.7. The summed E-state index contributed by atoms with van der Waals surface area (Å²) in [5.41, 5.74) is 8.20. The van der Waals surface area contributed by atoms with E-state index in [1.54, 1.807) is 0 Å². The fourth-order valence-electron chi connectivity index (χ4n) is 17.2. The summed E-state index contributed by atoms with van der Waals surface area (Å²) in [7, 11) is 0. The Labute approximate surface area is 760 Å². The molecule has 2 N–H and O–H groups in total. The molecule has 670 valence electrons. The average molecular weight is 1780 g/mol. The molecule has 14 nitrogen and oxygen atoms in total. The molecule has 0 saturated heterocycles. The lowest BCUT2D eigenvalue weighted by atomic mass is 9.95. The van der Waals surface area contributed by atoms with Crippen molar-refractivity contribution in [2.75, 3.05) is 52.2 Å². The standard InChI is InChI=1S/C102H150N8O6S6/c1-11-19-27-35-43-51-59-73-81-82(74(60-52-44-36-28-20-12-2)90-89(73)119-101(120-90)102-121-99(117-9)100(118-10)122-102)92-103-91(81)104-93-83-75(111-67-53-45-37-29-21-13-3)61-63-77(113-69-55-47-39-31-23-15-5)85(83)95(106-93)108-97-87-79(115-71-57-49-41-33-25-17-7)65-66-80(116-72-58-50-42-34-26-18-8)88(87)98(110-97)109-96-86-78(114-70-56-48-40-32-24-16-6)64-62-76(84(86)94(105-92)107-96)112-68-54-46-38-30-22-14-4/h61-66H,11-60,67-72H2,1-10H3,(H2,103,104,105,106,107,108,109,110). The first-order valence-electron chi connectivity index (χ1n) is 48.8. The Morgan fingerprint density at radius 2 is 0.459 bits per heavy atom. The molecule has 7 heterocycles. The Morgan fingerprint density at radius 3 is 0.713 bits per heavy atom. The molecule has 4 aromatic carbocycles. The molecule has 8 bridgehead atoms. The van der Waals surface area contributed by atoms with Gasteiger partial charge in [0.05, 0.1) is 89.6 Å². The number of hydrogen-bond acceptors (Lipinski definition) is 18. The summed E-state index contributed by atoms with van der Waals surface area (Å²) in [5, 5.41) is 3.72. The lowest BCUT2D eigenvalue weighted by molar-refractivity contribution is 0.298. The van der Waals surface area contributed by atoms with Crippen molar-refractivity contribution >= 4 is 115 Å². The lowest BCUT2D eigenvalue weighted by Gasteiger charge is -2.16. The maximum Gasteiger partial charge on any atom is 0.168 e. The van der Waals surface area contributed by atoms with Crippen LogP contribution in [0.4, 0.5) is 0 Å². The van der Waals surface area contributed by atoms with Crippen LogP contribution in [0.2, 0.25) is 0 Å². The van der Waals surface area contributed by atoms with Crippen LogP contribution in [0, 0.1) is 0 Å². The van der Waals surface area contributed by atoms with Gasteiger partial charge in [-0.3, -0.25) is 0 Å². The van der Waals surface area contributed by atoms with Crippen LogP contribution in [0.3, 0.4) is 0 Å². The molecule has 4 aliphatic rings. The molecule has 0 spiro atoms. The Kier molecular flexibility index (Phi) is 43.6. The number of nitrogens with zero attached hydrogens (tertiary/aromatic N) is 6. The number of benzene rings is 4. The van der Waals surface area contributed by atoms with Crippen LogP contribution in [0.15, 0.2) is 63.1 Å². The lowest BCUT2D eigenvalue weighted by Crippen LogP contribution is -2.03. The largest absolute Gasteiger partial charge is 0.493 e. The number of aryl methyl sites for hydroxylation is 2. The molecular weight excluding hydrogens is 1630 g/mol. The molecule has 122 heavy (non-hydrogen) atoms. The molecule has 0 fully saturated rings. The molecule has 20 heteroatoms. The smallest absolute Gasteiger partial charge is 0.168 e. The quantitative estimate of drug-likeness (QED) is 0.0346. The molecule has 3 aromatic heterocycles. The fourth-order valence-corrected chi connectivity index (χ4v) is 25.4. The highest BCUT2D eigenvalue weighted by atomic mass is 32.3. The van der Waals surface area contributed by atoms with E-state index in [0.717, 1.165) is 159 Å². The average Bonchev–Trinajstić information content (AvgIpc) is 1.55. The molecule has 0 aliphatic carbocycles. The molecule has 0 unspecified atom stereocenters. The van der Waals surface area contributed by atoms with Crippen molar-refractivity contribution in [1.82, 2.24) is 39.9 Å². The van der Waals surface area contributed by atoms with Gasteiger partial charge in [-0.2, -0.15) is 0 Å². The van der Waals surface area contributed by atoms with Crippen molar-refractivity contribution < 1.29 is 28.4 Å². The van der Waals surface area contributed by atoms with E-state index in [-0.39, 0.29) is 0 Å². The normalized spacial score (nSPS) is 13.1. The highest BCUT2D eigenvalue weighted by Crippen LogP contribution is 2.66. The molecule has 0 saturated carbocycles. The Bertz CT molecular complexity index is 4340. The summed E-state index contributed by atoms with van der Waals surface area (Å²) >= 11 is 11.7. The first-order chi connectivity index (χ1) is 60.2. The van der Waals surface area contributed by atoms with Gasteiger partial charge >= 0.3 is 0 Å². The van der Waals surface area contributed by atoms with Crippen LogP contribution >= 0.6 is 70.6 Å². The molecule has 4 aliphatic heterocycles. The van der Waals surface area contributed by atoms with Gasteiger partial charge < -0.3 is 38.4 Å². The van der Waals surface area contributed by atoms with Crippen molar-refractivity contribution in [3.8, 4) is 80.0 Å². The number of unbranched alkanes of at least 4 members (excludes halogenated alkanes) is 40. The van der Waals surface area contributed by atoms with Gasteiger partial charge in [-0.15, -0.1) is 23.5 Å². The minimum atomic E-state index is 0.468. The van der Waals surface area contributed by atoms with Gasteiger partial charge in [-0.25, -0.2) is 29.9 Å². The summed E-state index contributed by atoms with van der Waals surface area (Å²) in [6.07, 6.45) is 61.3. The van der Waals surface area contributed by atoms with Gasteiger partial charge in [0.1, 0.15) is 57.1 Å². The number of thioether (sulfide) groups is 6. The maximum absolute atomic E-state index is 7.24. The minimum Gasteiger partial charge on any atom is -0.493 e. The molecule has 0 radical (unpaired) electrons. The van der Waals surface area contributed by atoms with Crippen molar-refractivity contribution in [1.29, 1.82) is 0 Å². The zero-order valence-electron chi connectivity index (χ0n) is 76.6. The van der Waals surface area contributed by atoms with E-state index in [2.05, 4.69) is 114 Å². The highest BCUT2D eigenvalue weighted by molar-refractivity contribution is 8.42. The number of hydrogen-bond donors (Lipinski definition) is 2. The number of fused-ring (bicyclic) bond motifs is 21. The predicted molar refractivity (Wildman–Crippen MR) is 531 cm³/mol. The van der Waals surface area contributed by atoms with Gasteiger partial charge in [-0.1, -0.05) is 359 Å². The predicted octanol–water partition coefficient (Wildman–Crippen LogP) is 33.8. The van der Waals surface area contributed by atoms with Crippen LogP contribution in [0.5, 0.6) is 34.5 Å². The SMILES string of the molecule is CCCCCCCCOc1ccc(OCCCCCCCC)c2c1-c1nc-2nc2[nH]c(nc3nc(nc4[nH]c(n1)c1c(OCCCCCCCC)ccc(OCCCCCCCC)c41)-c1c(OCCCCCCCC)ccc(OCCCCCCCC)c1-3)c1c(CCCCCCCC)c3c(c(CCCCCCCC)c21)SC(=C1SC(SC)=C(SC)S1)S3.